The minimum atomic E-state index is 0.225. The summed E-state index contributed by atoms with van der Waals surface area (Å²) in [4.78, 5) is 0. The maximum Gasteiger partial charge on any atom is 0.0465 e. The van der Waals surface area contributed by atoms with Gasteiger partial charge in [0.1, 0.15) is 0 Å². The van der Waals surface area contributed by atoms with Gasteiger partial charge in [0.15, 0.2) is 0 Å². The summed E-state index contributed by atoms with van der Waals surface area (Å²) in [5.74, 6) is 5.58. The van der Waals surface area contributed by atoms with Gasteiger partial charge < -0.3 is 0 Å². The lowest BCUT2D eigenvalue weighted by atomic mass is 9.97. The average molecular weight is 204 g/mol. The molecule has 82 valence electrons. The van der Waals surface area contributed by atoms with Gasteiger partial charge in [0.25, 0.3) is 0 Å². The first-order valence-corrected chi connectivity index (χ1v) is 5.31. The molecule has 0 amide bonds. The Morgan fingerprint density at radius 3 is 2.67 bits per heavy atom. The van der Waals surface area contributed by atoms with E-state index in [2.05, 4.69) is 31.1 Å². The number of rotatable bonds is 5. The van der Waals surface area contributed by atoms with Crippen molar-refractivity contribution < 1.29 is 0 Å². The van der Waals surface area contributed by atoms with Crippen molar-refractivity contribution in [2.24, 2.45) is 5.84 Å². The van der Waals surface area contributed by atoms with Gasteiger partial charge in [-0.05, 0) is 37.8 Å². The van der Waals surface area contributed by atoms with E-state index in [1.165, 1.54) is 16.7 Å². The van der Waals surface area contributed by atoms with Crippen LogP contribution in [0.1, 0.15) is 36.9 Å². The van der Waals surface area contributed by atoms with Gasteiger partial charge in [-0.1, -0.05) is 29.8 Å². The van der Waals surface area contributed by atoms with Crippen LogP contribution in [0.4, 0.5) is 0 Å². The molecule has 0 spiro atoms. The molecule has 1 aromatic carbocycles. The molecule has 0 aliphatic rings. The van der Waals surface area contributed by atoms with Crippen LogP contribution >= 0.6 is 0 Å². The van der Waals surface area contributed by atoms with E-state index < -0.39 is 0 Å². The topological polar surface area (TPSA) is 38.0 Å². The van der Waals surface area contributed by atoms with Crippen LogP contribution in [0.2, 0.25) is 0 Å². The van der Waals surface area contributed by atoms with Gasteiger partial charge >= 0.3 is 0 Å². The molecule has 0 saturated heterocycles. The molecule has 15 heavy (non-hydrogen) atoms. The number of nitrogens with two attached hydrogens (primary N) is 1. The molecule has 1 rings (SSSR count). The van der Waals surface area contributed by atoms with Crippen LogP contribution in [0.5, 0.6) is 0 Å². The molecule has 0 radical (unpaired) electrons. The van der Waals surface area contributed by atoms with Crippen molar-refractivity contribution in [2.75, 3.05) is 0 Å². The summed E-state index contributed by atoms with van der Waals surface area (Å²) < 4.78 is 0. The predicted octanol–water partition coefficient (Wildman–Crippen LogP) is 2.86. The van der Waals surface area contributed by atoms with Gasteiger partial charge in [0, 0.05) is 6.04 Å². The zero-order valence-corrected chi connectivity index (χ0v) is 9.59. The fraction of sp³-hybridized carbons (Fsp3) is 0.385. The molecular formula is C13H20N2. The second kappa shape index (κ2) is 5.69. The minimum absolute atomic E-state index is 0.225. The Labute approximate surface area is 92.2 Å². The van der Waals surface area contributed by atoms with Gasteiger partial charge in [-0.25, -0.2) is 0 Å². The fourth-order valence-corrected chi connectivity index (χ4v) is 1.70. The van der Waals surface area contributed by atoms with Crippen molar-refractivity contribution in [1.29, 1.82) is 0 Å². The van der Waals surface area contributed by atoms with E-state index in [1.54, 1.807) is 0 Å². The summed E-state index contributed by atoms with van der Waals surface area (Å²) in [5.41, 5.74) is 6.63. The molecule has 0 heterocycles. The number of benzene rings is 1. The Morgan fingerprint density at radius 2 is 2.13 bits per heavy atom. The Bertz CT molecular complexity index is 331. The summed E-state index contributed by atoms with van der Waals surface area (Å²) in [7, 11) is 0. The standard InChI is InChI=1S/C13H20N2/c1-10(2)8-9-13(15-14)12-7-5-4-6-11(12)3/h4-7,13,15H,1,8-9,14H2,2-3H3. The van der Waals surface area contributed by atoms with Crippen LogP contribution in [-0.4, -0.2) is 0 Å². The van der Waals surface area contributed by atoms with Gasteiger partial charge in [0.2, 0.25) is 0 Å². The van der Waals surface area contributed by atoms with Crippen molar-refractivity contribution in [1.82, 2.24) is 5.43 Å². The van der Waals surface area contributed by atoms with E-state index in [0.29, 0.717) is 0 Å². The molecule has 2 heteroatoms. The summed E-state index contributed by atoms with van der Waals surface area (Å²) in [5, 5.41) is 0. The Hall–Kier alpha value is -1.12. The molecule has 1 aromatic rings. The maximum atomic E-state index is 5.58. The molecule has 1 atom stereocenters. The first kappa shape index (κ1) is 12.0. The number of hydrazine groups is 1. The van der Waals surface area contributed by atoms with Crippen LogP contribution < -0.4 is 11.3 Å². The smallest absolute Gasteiger partial charge is 0.0465 e. The van der Waals surface area contributed by atoms with E-state index in [9.17, 15) is 0 Å². The highest BCUT2D eigenvalue weighted by atomic mass is 15.2. The van der Waals surface area contributed by atoms with Gasteiger partial charge in [-0.3, -0.25) is 11.3 Å². The predicted molar refractivity (Wildman–Crippen MR) is 65.3 cm³/mol. The molecule has 0 aliphatic carbocycles. The monoisotopic (exact) mass is 204 g/mol. The highest BCUT2D eigenvalue weighted by Gasteiger charge is 2.10. The molecular weight excluding hydrogens is 184 g/mol. The van der Waals surface area contributed by atoms with Gasteiger partial charge in [-0.15, -0.1) is 6.58 Å². The van der Waals surface area contributed by atoms with Crippen LogP contribution in [0.25, 0.3) is 0 Å². The van der Waals surface area contributed by atoms with Gasteiger partial charge in [0.05, 0.1) is 0 Å². The molecule has 1 unspecified atom stereocenters. The normalized spacial score (nSPS) is 12.5. The molecule has 0 aromatic heterocycles. The van der Waals surface area contributed by atoms with Crippen molar-refractivity contribution in [3.8, 4) is 0 Å². The van der Waals surface area contributed by atoms with Crippen LogP contribution in [0.3, 0.4) is 0 Å². The second-order valence-corrected chi connectivity index (χ2v) is 4.07. The van der Waals surface area contributed by atoms with Crippen molar-refractivity contribution >= 4 is 0 Å². The lowest BCUT2D eigenvalue weighted by Gasteiger charge is -2.18. The minimum Gasteiger partial charge on any atom is -0.271 e. The zero-order chi connectivity index (χ0) is 11.3. The molecule has 0 bridgehead atoms. The number of hydrogen-bond donors (Lipinski definition) is 2. The largest absolute Gasteiger partial charge is 0.271 e. The summed E-state index contributed by atoms with van der Waals surface area (Å²) in [6.45, 7) is 8.07. The summed E-state index contributed by atoms with van der Waals surface area (Å²) in [6, 6.07) is 8.56. The van der Waals surface area contributed by atoms with Gasteiger partial charge in [-0.2, -0.15) is 0 Å². The summed E-state index contributed by atoms with van der Waals surface area (Å²) >= 11 is 0. The molecule has 0 saturated carbocycles. The molecule has 2 nitrogen and oxygen atoms in total. The summed E-state index contributed by atoms with van der Waals surface area (Å²) in [6.07, 6.45) is 2.00. The van der Waals surface area contributed by atoms with E-state index in [4.69, 9.17) is 5.84 Å². The first-order chi connectivity index (χ1) is 7.15. The highest BCUT2D eigenvalue weighted by Crippen LogP contribution is 2.22. The lowest BCUT2D eigenvalue weighted by molar-refractivity contribution is 0.513. The number of allylic oxidation sites excluding steroid dienone is 1. The first-order valence-electron chi connectivity index (χ1n) is 5.31. The Kier molecular flexibility index (Phi) is 4.53. The number of nitrogens with one attached hydrogen (secondary N) is 1. The second-order valence-electron chi connectivity index (χ2n) is 4.07. The van der Waals surface area contributed by atoms with Crippen molar-refractivity contribution in [3.05, 3.63) is 47.5 Å². The molecule has 0 aliphatic heterocycles. The third-order valence-electron chi connectivity index (χ3n) is 2.62. The number of hydrogen-bond acceptors (Lipinski definition) is 2. The Morgan fingerprint density at radius 1 is 1.47 bits per heavy atom. The lowest BCUT2D eigenvalue weighted by Crippen LogP contribution is -2.28. The van der Waals surface area contributed by atoms with Crippen LogP contribution in [0.15, 0.2) is 36.4 Å². The third-order valence-corrected chi connectivity index (χ3v) is 2.62. The number of aryl methyl sites for hydroxylation is 1. The van der Waals surface area contributed by atoms with Crippen LogP contribution in [0, 0.1) is 6.92 Å². The molecule has 3 N–H and O–H groups in total. The van der Waals surface area contributed by atoms with E-state index >= 15 is 0 Å². The van der Waals surface area contributed by atoms with E-state index in [-0.39, 0.29) is 6.04 Å². The molecule has 0 fully saturated rings. The zero-order valence-electron chi connectivity index (χ0n) is 9.59. The van der Waals surface area contributed by atoms with Crippen LogP contribution in [-0.2, 0) is 0 Å². The van der Waals surface area contributed by atoms with Crippen molar-refractivity contribution in [3.63, 3.8) is 0 Å². The maximum absolute atomic E-state index is 5.58. The van der Waals surface area contributed by atoms with E-state index in [1.807, 2.05) is 19.1 Å². The highest BCUT2D eigenvalue weighted by molar-refractivity contribution is 5.28. The SMILES string of the molecule is C=C(C)CCC(NN)c1ccccc1C. The Balaban J connectivity index is 2.74. The quantitative estimate of drug-likeness (QED) is 0.440. The fourth-order valence-electron chi connectivity index (χ4n) is 1.70. The van der Waals surface area contributed by atoms with E-state index in [0.717, 1.165) is 12.8 Å². The average Bonchev–Trinajstić information content (AvgIpc) is 2.21. The van der Waals surface area contributed by atoms with Crippen molar-refractivity contribution in [2.45, 2.75) is 32.7 Å². The third kappa shape index (κ3) is 3.50.